The number of hydrogen-bond donors (Lipinski definition) is 1. The third-order valence-corrected chi connectivity index (χ3v) is 7.21. The Morgan fingerprint density at radius 1 is 1.38 bits per heavy atom. The lowest BCUT2D eigenvalue weighted by atomic mass is 10.2. The van der Waals surface area contributed by atoms with Crippen LogP contribution in [0, 0.1) is 0 Å². The summed E-state index contributed by atoms with van der Waals surface area (Å²) in [5.74, 6) is 0. The molecule has 2 N–H and O–H groups in total. The number of nitrogens with two attached hydrogens (primary N) is 1. The van der Waals surface area contributed by atoms with Crippen LogP contribution in [0.2, 0.25) is 18.1 Å². The summed E-state index contributed by atoms with van der Waals surface area (Å²) in [5, 5.41) is 0.266. The minimum Gasteiger partial charge on any atom is -0.413 e. The Morgan fingerprint density at radius 3 is 2.15 bits per heavy atom. The second kappa shape index (κ2) is 4.40. The molecule has 0 aliphatic carbocycles. The highest BCUT2D eigenvalue weighted by atomic mass is 28.4. The number of hydrogen-bond acceptors (Lipinski definition) is 2. The van der Waals surface area contributed by atoms with Crippen LogP contribution >= 0.6 is 0 Å². The molecule has 0 aromatic heterocycles. The molecule has 0 amide bonds. The maximum absolute atomic E-state index is 5.91. The summed E-state index contributed by atoms with van der Waals surface area (Å²) in [6, 6.07) is 0. The van der Waals surface area contributed by atoms with E-state index < -0.39 is 8.32 Å². The van der Waals surface area contributed by atoms with Crippen LogP contribution in [0.15, 0.2) is 12.2 Å². The summed E-state index contributed by atoms with van der Waals surface area (Å²) in [6.07, 6.45) is 0. The zero-order valence-electron chi connectivity index (χ0n) is 9.61. The van der Waals surface area contributed by atoms with Crippen LogP contribution < -0.4 is 5.73 Å². The average Bonchev–Trinajstić information content (AvgIpc) is 1.98. The van der Waals surface area contributed by atoms with E-state index in [0.717, 1.165) is 5.57 Å². The molecular weight excluding hydrogens is 178 g/mol. The Hall–Kier alpha value is -0.123. The van der Waals surface area contributed by atoms with E-state index in [4.69, 9.17) is 10.2 Å². The summed E-state index contributed by atoms with van der Waals surface area (Å²) < 4.78 is 5.91. The van der Waals surface area contributed by atoms with Gasteiger partial charge in [0.2, 0.25) is 0 Å². The van der Waals surface area contributed by atoms with Crippen molar-refractivity contribution in [1.29, 1.82) is 0 Å². The molecule has 0 radical (unpaired) electrons. The molecule has 0 aliphatic heterocycles. The van der Waals surface area contributed by atoms with Crippen molar-refractivity contribution in [3.8, 4) is 0 Å². The van der Waals surface area contributed by atoms with Crippen molar-refractivity contribution in [2.45, 2.75) is 38.9 Å². The highest BCUT2D eigenvalue weighted by Gasteiger charge is 2.36. The third-order valence-electron chi connectivity index (χ3n) is 2.73. The fourth-order valence-electron chi connectivity index (χ4n) is 0.558. The van der Waals surface area contributed by atoms with Gasteiger partial charge >= 0.3 is 0 Å². The molecule has 78 valence electrons. The van der Waals surface area contributed by atoms with Gasteiger partial charge in [0.1, 0.15) is 0 Å². The lowest BCUT2D eigenvalue weighted by molar-refractivity contribution is 0.317. The van der Waals surface area contributed by atoms with Gasteiger partial charge in [-0.05, 0) is 23.7 Å². The molecular formula is C10H23NOSi. The van der Waals surface area contributed by atoms with Crippen LogP contribution in [0.5, 0.6) is 0 Å². The Balaban J connectivity index is 4.12. The summed E-state index contributed by atoms with van der Waals surface area (Å²) >= 11 is 0. The summed E-state index contributed by atoms with van der Waals surface area (Å²) in [4.78, 5) is 0. The highest BCUT2D eigenvalue weighted by molar-refractivity contribution is 6.74. The topological polar surface area (TPSA) is 35.2 Å². The van der Waals surface area contributed by atoms with E-state index in [-0.39, 0.29) is 5.04 Å². The molecule has 0 aromatic carbocycles. The van der Waals surface area contributed by atoms with E-state index in [1.54, 1.807) is 0 Å². The van der Waals surface area contributed by atoms with Crippen molar-refractivity contribution < 1.29 is 4.43 Å². The predicted molar refractivity (Wildman–Crippen MR) is 61.3 cm³/mol. The quantitative estimate of drug-likeness (QED) is 0.560. The maximum atomic E-state index is 5.91. The van der Waals surface area contributed by atoms with Gasteiger partial charge in [-0.1, -0.05) is 27.4 Å². The zero-order chi connectivity index (χ0) is 10.7. The number of rotatable bonds is 4. The molecule has 13 heavy (non-hydrogen) atoms. The maximum Gasteiger partial charge on any atom is 0.192 e. The Morgan fingerprint density at radius 2 is 1.85 bits per heavy atom. The normalized spacial score (nSPS) is 13.1. The lowest BCUT2D eigenvalue weighted by Crippen LogP contribution is -2.41. The van der Waals surface area contributed by atoms with Gasteiger partial charge in [-0.3, -0.25) is 0 Å². The SMILES string of the molecule is C=C(CN)CO[Si](C)(C)C(C)(C)C. The summed E-state index contributed by atoms with van der Waals surface area (Å²) in [6.45, 7) is 16.1. The minimum absolute atomic E-state index is 0.266. The first-order valence-electron chi connectivity index (χ1n) is 4.71. The average molecular weight is 201 g/mol. The van der Waals surface area contributed by atoms with Gasteiger partial charge in [0.25, 0.3) is 0 Å². The first-order valence-corrected chi connectivity index (χ1v) is 7.62. The van der Waals surface area contributed by atoms with Crippen molar-refractivity contribution in [3.63, 3.8) is 0 Å². The van der Waals surface area contributed by atoms with Crippen molar-refractivity contribution in [1.82, 2.24) is 0 Å². The molecule has 0 rings (SSSR count). The summed E-state index contributed by atoms with van der Waals surface area (Å²) in [5.41, 5.74) is 6.42. The van der Waals surface area contributed by atoms with Gasteiger partial charge in [0.15, 0.2) is 8.32 Å². The van der Waals surface area contributed by atoms with E-state index in [0.29, 0.717) is 13.2 Å². The molecule has 0 fully saturated rings. The van der Waals surface area contributed by atoms with E-state index in [1.165, 1.54) is 0 Å². The smallest absolute Gasteiger partial charge is 0.192 e. The van der Waals surface area contributed by atoms with E-state index >= 15 is 0 Å². The Labute approximate surface area is 83.3 Å². The third kappa shape index (κ3) is 4.07. The van der Waals surface area contributed by atoms with Gasteiger partial charge < -0.3 is 10.2 Å². The van der Waals surface area contributed by atoms with E-state index in [1.807, 2.05) is 0 Å². The van der Waals surface area contributed by atoms with Crippen LogP contribution in [0.4, 0.5) is 0 Å². The van der Waals surface area contributed by atoms with Gasteiger partial charge in [-0.15, -0.1) is 0 Å². The summed E-state index contributed by atoms with van der Waals surface area (Å²) in [7, 11) is -1.60. The molecule has 0 aliphatic rings. The molecule has 0 bridgehead atoms. The van der Waals surface area contributed by atoms with E-state index in [9.17, 15) is 0 Å². The first kappa shape index (κ1) is 12.9. The van der Waals surface area contributed by atoms with E-state index in [2.05, 4.69) is 40.4 Å². The van der Waals surface area contributed by atoms with Crippen molar-refractivity contribution in [2.75, 3.05) is 13.2 Å². The largest absolute Gasteiger partial charge is 0.413 e. The molecule has 0 unspecified atom stereocenters. The van der Waals surface area contributed by atoms with Crippen molar-refractivity contribution in [2.24, 2.45) is 5.73 Å². The fraction of sp³-hybridized carbons (Fsp3) is 0.800. The Bertz CT molecular complexity index is 182. The molecule has 2 nitrogen and oxygen atoms in total. The lowest BCUT2D eigenvalue weighted by Gasteiger charge is -2.36. The zero-order valence-corrected chi connectivity index (χ0v) is 10.6. The van der Waals surface area contributed by atoms with Gasteiger partial charge in [0.05, 0.1) is 6.61 Å². The molecule has 3 heteroatoms. The Kier molecular flexibility index (Phi) is 4.36. The monoisotopic (exact) mass is 201 g/mol. The predicted octanol–water partition coefficient (Wildman–Crippen LogP) is 2.52. The molecule has 0 saturated heterocycles. The molecule has 0 heterocycles. The van der Waals surface area contributed by atoms with Crippen LogP contribution in [-0.2, 0) is 4.43 Å². The standard InChI is InChI=1S/C10H23NOSi/c1-9(7-11)8-12-13(5,6)10(2,3)4/h1,7-8,11H2,2-6H3. The van der Waals surface area contributed by atoms with Crippen LogP contribution in [0.25, 0.3) is 0 Å². The highest BCUT2D eigenvalue weighted by Crippen LogP contribution is 2.36. The molecule has 0 aromatic rings. The molecule has 0 saturated carbocycles. The van der Waals surface area contributed by atoms with Gasteiger partial charge in [0, 0.05) is 6.54 Å². The van der Waals surface area contributed by atoms with Gasteiger partial charge in [-0.25, -0.2) is 0 Å². The van der Waals surface area contributed by atoms with Crippen LogP contribution in [0.1, 0.15) is 20.8 Å². The van der Waals surface area contributed by atoms with Crippen LogP contribution in [0.3, 0.4) is 0 Å². The second-order valence-corrected chi connectivity index (χ2v) is 9.81. The molecule has 0 atom stereocenters. The first-order chi connectivity index (χ1) is 5.70. The second-order valence-electron chi connectivity index (χ2n) is 5.00. The molecule has 0 spiro atoms. The van der Waals surface area contributed by atoms with Gasteiger partial charge in [-0.2, -0.15) is 0 Å². The van der Waals surface area contributed by atoms with Crippen LogP contribution in [-0.4, -0.2) is 21.5 Å². The fourth-order valence-corrected chi connectivity index (χ4v) is 1.56. The van der Waals surface area contributed by atoms with Crippen molar-refractivity contribution in [3.05, 3.63) is 12.2 Å². The minimum atomic E-state index is -1.60. The van der Waals surface area contributed by atoms with Crippen molar-refractivity contribution >= 4 is 8.32 Å².